The summed E-state index contributed by atoms with van der Waals surface area (Å²) in [5.74, 6) is 0.930. The van der Waals surface area contributed by atoms with Crippen LogP contribution in [0.25, 0.3) is 0 Å². The Morgan fingerprint density at radius 2 is 2.27 bits per heavy atom. The van der Waals surface area contributed by atoms with Gasteiger partial charge in [0.25, 0.3) is 0 Å². The third-order valence-corrected chi connectivity index (χ3v) is 5.58. The third kappa shape index (κ3) is 3.98. The predicted octanol–water partition coefficient (Wildman–Crippen LogP) is 2.37. The molecule has 2 atom stereocenters. The molecule has 6 heteroatoms. The molecule has 0 radical (unpaired) electrons. The quantitative estimate of drug-likeness (QED) is 0.844. The molecular formula is C16H25N3O2S. The Balaban J connectivity index is 1.37. The van der Waals surface area contributed by atoms with Crippen LogP contribution in [0.3, 0.4) is 0 Å². The van der Waals surface area contributed by atoms with Crippen molar-refractivity contribution in [1.82, 2.24) is 15.2 Å². The monoisotopic (exact) mass is 323 g/mol. The van der Waals surface area contributed by atoms with Crippen LogP contribution in [0.4, 0.5) is 4.79 Å². The van der Waals surface area contributed by atoms with E-state index in [2.05, 4.69) is 15.7 Å². The average molecular weight is 323 g/mol. The smallest absolute Gasteiger partial charge is 0.317 e. The zero-order valence-electron chi connectivity index (χ0n) is 13.1. The number of rotatable bonds is 6. The summed E-state index contributed by atoms with van der Waals surface area (Å²) >= 11 is 1.70. The number of aliphatic hydroxyl groups is 1. The van der Waals surface area contributed by atoms with Crippen molar-refractivity contribution in [3.63, 3.8) is 0 Å². The minimum absolute atomic E-state index is 0.0573. The van der Waals surface area contributed by atoms with E-state index in [1.54, 1.807) is 23.3 Å². The van der Waals surface area contributed by atoms with Crippen molar-refractivity contribution < 1.29 is 9.90 Å². The van der Waals surface area contributed by atoms with Crippen molar-refractivity contribution in [2.75, 3.05) is 20.1 Å². The van der Waals surface area contributed by atoms with E-state index < -0.39 is 0 Å². The fourth-order valence-electron chi connectivity index (χ4n) is 3.08. The number of aromatic nitrogens is 1. The molecule has 2 aliphatic carbocycles. The average Bonchev–Trinajstić information content (AvgIpc) is 3.12. The number of nitrogens with zero attached hydrogens (tertiary/aromatic N) is 2. The van der Waals surface area contributed by atoms with Gasteiger partial charge in [-0.3, -0.25) is 0 Å². The highest BCUT2D eigenvalue weighted by atomic mass is 32.1. The van der Waals surface area contributed by atoms with Crippen LogP contribution in [0.5, 0.6) is 0 Å². The maximum atomic E-state index is 12.1. The maximum Gasteiger partial charge on any atom is 0.317 e. The zero-order chi connectivity index (χ0) is 15.5. The molecule has 1 aromatic heterocycles. The van der Waals surface area contributed by atoms with E-state index in [1.165, 1.54) is 18.5 Å². The first-order valence-corrected chi connectivity index (χ1v) is 9.13. The SMILES string of the molecule is CN(C[C@H]1CCC[C@H]1O)C(=O)NCCc1nc(C2CC2)cs1. The number of urea groups is 1. The minimum Gasteiger partial charge on any atom is -0.393 e. The first-order chi connectivity index (χ1) is 10.6. The van der Waals surface area contributed by atoms with E-state index in [9.17, 15) is 9.90 Å². The molecule has 0 saturated heterocycles. The van der Waals surface area contributed by atoms with Gasteiger partial charge in [0.15, 0.2) is 0 Å². The van der Waals surface area contributed by atoms with Gasteiger partial charge in [-0.05, 0) is 25.7 Å². The van der Waals surface area contributed by atoms with Crippen LogP contribution >= 0.6 is 11.3 Å². The molecule has 1 aromatic rings. The molecular weight excluding hydrogens is 298 g/mol. The molecule has 2 N–H and O–H groups in total. The summed E-state index contributed by atoms with van der Waals surface area (Å²) in [6.07, 6.45) is 6.05. The maximum absolute atomic E-state index is 12.1. The van der Waals surface area contributed by atoms with E-state index in [4.69, 9.17) is 0 Å². The third-order valence-electron chi connectivity index (χ3n) is 4.65. The first-order valence-electron chi connectivity index (χ1n) is 8.25. The minimum atomic E-state index is -0.244. The Hall–Kier alpha value is -1.14. The second-order valence-corrected chi connectivity index (χ2v) is 7.50. The number of hydrogen-bond acceptors (Lipinski definition) is 4. The fourth-order valence-corrected chi connectivity index (χ4v) is 3.96. The highest BCUT2D eigenvalue weighted by molar-refractivity contribution is 7.09. The molecule has 0 spiro atoms. The molecule has 2 saturated carbocycles. The van der Waals surface area contributed by atoms with Gasteiger partial charge >= 0.3 is 6.03 Å². The van der Waals surface area contributed by atoms with Crippen LogP contribution in [0.2, 0.25) is 0 Å². The van der Waals surface area contributed by atoms with Gasteiger partial charge in [0.05, 0.1) is 16.8 Å². The normalized spacial score (nSPS) is 24.5. The lowest BCUT2D eigenvalue weighted by molar-refractivity contribution is 0.114. The molecule has 2 amide bonds. The summed E-state index contributed by atoms with van der Waals surface area (Å²) in [6.45, 7) is 1.25. The van der Waals surface area contributed by atoms with E-state index >= 15 is 0 Å². The molecule has 3 rings (SSSR count). The Labute approximate surface area is 135 Å². The van der Waals surface area contributed by atoms with Gasteiger partial charge in [-0.2, -0.15) is 0 Å². The predicted molar refractivity (Wildman–Crippen MR) is 87.2 cm³/mol. The molecule has 0 unspecified atom stereocenters. The summed E-state index contributed by atoms with van der Waals surface area (Å²) in [6, 6.07) is -0.0573. The second kappa shape index (κ2) is 6.96. The molecule has 2 fully saturated rings. The van der Waals surface area contributed by atoms with Gasteiger partial charge < -0.3 is 15.3 Å². The molecule has 22 heavy (non-hydrogen) atoms. The standard InChI is InChI=1S/C16H25N3O2S/c1-19(9-12-3-2-4-14(12)20)16(21)17-8-7-15-18-13(10-22-15)11-5-6-11/h10-12,14,20H,2-9H2,1H3,(H,17,21)/t12-,14-/m1/s1. The largest absolute Gasteiger partial charge is 0.393 e. The van der Waals surface area contributed by atoms with Gasteiger partial charge in [-0.15, -0.1) is 11.3 Å². The number of aliphatic hydroxyl groups excluding tert-OH is 1. The second-order valence-electron chi connectivity index (χ2n) is 6.56. The van der Waals surface area contributed by atoms with E-state index in [-0.39, 0.29) is 18.1 Å². The van der Waals surface area contributed by atoms with Crippen LogP contribution in [0.1, 0.15) is 48.7 Å². The zero-order valence-corrected chi connectivity index (χ0v) is 13.9. The number of amides is 2. The van der Waals surface area contributed by atoms with Crippen LogP contribution in [0, 0.1) is 5.92 Å². The number of carbonyl (C=O) groups excluding carboxylic acids is 1. The van der Waals surface area contributed by atoms with Crippen molar-refractivity contribution in [2.45, 2.75) is 50.5 Å². The van der Waals surface area contributed by atoms with Crippen molar-refractivity contribution >= 4 is 17.4 Å². The molecule has 1 heterocycles. The first kappa shape index (κ1) is 15.7. The van der Waals surface area contributed by atoms with Gasteiger partial charge in [-0.1, -0.05) is 6.42 Å². The lowest BCUT2D eigenvalue weighted by atomic mass is 10.1. The Morgan fingerprint density at radius 3 is 2.95 bits per heavy atom. The lowest BCUT2D eigenvalue weighted by Crippen LogP contribution is -2.41. The number of thiazole rings is 1. The van der Waals surface area contributed by atoms with Crippen LogP contribution in [-0.2, 0) is 6.42 Å². The highest BCUT2D eigenvalue weighted by Gasteiger charge is 2.27. The van der Waals surface area contributed by atoms with Gasteiger partial charge in [0.1, 0.15) is 0 Å². The molecule has 0 bridgehead atoms. The Bertz CT molecular complexity index is 515. The van der Waals surface area contributed by atoms with Gasteiger partial charge in [-0.25, -0.2) is 9.78 Å². The number of nitrogens with one attached hydrogen (secondary N) is 1. The highest BCUT2D eigenvalue weighted by Crippen LogP contribution is 2.40. The Morgan fingerprint density at radius 1 is 1.45 bits per heavy atom. The number of carbonyl (C=O) groups is 1. The molecule has 122 valence electrons. The van der Waals surface area contributed by atoms with E-state index in [1.807, 2.05) is 0 Å². The fraction of sp³-hybridized carbons (Fsp3) is 0.750. The summed E-state index contributed by atoms with van der Waals surface area (Å²) < 4.78 is 0. The molecule has 0 aromatic carbocycles. The summed E-state index contributed by atoms with van der Waals surface area (Å²) in [4.78, 5) is 18.4. The summed E-state index contributed by atoms with van der Waals surface area (Å²) in [7, 11) is 1.80. The van der Waals surface area contributed by atoms with Crippen LogP contribution in [-0.4, -0.2) is 47.3 Å². The molecule has 5 nitrogen and oxygen atoms in total. The van der Waals surface area contributed by atoms with Crippen LogP contribution < -0.4 is 5.32 Å². The van der Waals surface area contributed by atoms with Crippen molar-refractivity contribution in [1.29, 1.82) is 0 Å². The Kier molecular flexibility index (Phi) is 4.98. The molecule has 0 aliphatic heterocycles. The van der Waals surface area contributed by atoms with Crippen LogP contribution in [0.15, 0.2) is 5.38 Å². The van der Waals surface area contributed by atoms with Crippen molar-refractivity contribution in [3.05, 3.63) is 16.1 Å². The lowest BCUT2D eigenvalue weighted by Gasteiger charge is -2.23. The topological polar surface area (TPSA) is 65.5 Å². The van der Waals surface area contributed by atoms with E-state index in [0.29, 0.717) is 19.0 Å². The van der Waals surface area contributed by atoms with Gasteiger partial charge in [0, 0.05) is 43.8 Å². The van der Waals surface area contributed by atoms with Gasteiger partial charge in [0.2, 0.25) is 0 Å². The molecule has 2 aliphatic rings. The summed E-state index contributed by atoms with van der Waals surface area (Å²) in [5, 5.41) is 16.0. The van der Waals surface area contributed by atoms with Crippen molar-refractivity contribution in [2.24, 2.45) is 5.92 Å². The number of hydrogen-bond donors (Lipinski definition) is 2. The van der Waals surface area contributed by atoms with Crippen molar-refractivity contribution in [3.8, 4) is 0 Å². The summed E-state index contributed by atoms with van der Waals surface area (Å²) in [5.41, 5.74) is 1.23. The van der Waals surface area contributed by atoms with E-state index in [0.717, 1.165) is 30.7 Å².